The van der Waals surface area contributed by atoms with Gasteiger partial charge in [-0.1, -0.05) is 13.8 Å². The number of anilines is 1. The van der Waals surface area contributed by atoms with Gasteiger partial charge in [0.15, 0.2) is 0 Å². The smallest absolute Gasteiger partial charge is 0.398 e. The third-order valence-electron chi connectivity index (χ3n) is 4.01. The molecule has 1 amide bonds. The van der Waals surface area contributed by atoms with Gasteiger partial charge < -0.3 is 10.6 Å². The van der Waals surface area contributed by atoms with E-state index in [1.165, 1.54) is 6.07 Å². The molecule has 116 valence electrons. The third-order valence-corrected chi connectivity index (χ3v) is 4.01. The van der Waals surface area contributed by atoms with Crippen molar-refractivity contribution in [3.05, 3.63) is 29.3 Å². The van der Waals surface area contributed by atoms with Gasteiger partial charge in [0, 0.05) is 24.3 Å². The number of halogens is 3. The van der Waals surface area contributed by atoms with Gasteiger partial charge in [-0.05, 0) is 36.5 Å². The maximum absolute atomic E-state index is 12.8. The molecule has 3 nitrogen and oxygen atoms in total. The number of rotatable bonds is 1. The molecule has 6 heteroatoms. The highest BCUT2D eigenvalue weighted by Crippen LogP contribution is 2.35. The number of hydrogen-bond acceptors (Lipinski definition) is 2. The van der Waals surface area contributed by atoms with Gasteiger partial charge in [-0.25, -0.2) is 0 Å². The minimum atomic E-state index is -4.55. The first-order valence-electron chi connectivity index (χ1n) is 6.86. The van der Waals surface area contributed by atoms with E-state index in [2.05, 4.69) is 13.8 Å². The second-order valence-corrected chi connectivity index (χ2v) is 6.26. The minimum absolute atomic E-state index is 0.0382. The van der Waals surface area contributed by atoms with Gasteiger partial charge in [0.05, 0.1) is 5.56 Å². The molecule has 1 heterocycles. The molecule has 2 N–H and O–H groups in total. The summed E-state index contributed by atoms with van der Waals surface area (Å²) >= 11 is 0. The van der Waals surface area contributed by atoms with Crippen LogP contribution in [0.5, 0.6) is 0 Å². The number of carbonyl (C=O) groups is 1. The molecule has 0 atom stereocenters. The number of carbonyl (C=O) groups excluding carboxylic acids is 1. The van der Waals surface area contributed by atoms with E-state index in [1.807, 2.05) is 0 Å². The van der Waals surface area contributed by atoms with Crippen LogP contribution in [0.25, 0.3) is 0 Å². The molecule has 0 unspecified atom stereocenters. The van der Waals surface area contributed by atoms with Crippen LogP contribution in [0.4, 0.5) is 18.9 Å². The summed E-state index contributed by atoms with van der Waals surface area (Å²) in [6, 6.07) is 3.34. The number of benzene rings is 1. The summed E-state index contributed by atoms with van der Waals surface area (Å²) in [6.45, 7) is 5.38. The molecule has 1 aliphatic rings. The van der Waals surface area contributed by atoms with Crippen molar-refractivity contribution in [1.29, 1.82) is 0 Å². The minimum Gasteiger partial charge on any atom is -0.398 e. The molecule has 2 rings (SSSR count). The van der Waals surface area contributed by atoms with Crippen LogP contribution in [0.3, 0.4) is 0 Å². The van der Waals surface area contributed by atoms with Crippen LogP contribution in [-0.2, 0) is 6.18 Å². The summed E-state index contributed by atoms with van der Waals surface area (Å²) in [5, 5.41) is 0. The molecule has 0 saturated carbocycles. The van der Waals surface area contributed by atoms with Crippen LogP contribution in [0, 0.1) is 5.41 Å². The standard InChI is InChI=1S/C15H19F3N2O/c1-14(2)5-7-20(8-6-14)13(21)10-3-4-12(19)11(9-10)15(16,17)18/h3-4,9H,5-8,19H2,1-2H3. The lowest BCUT2D eigenvalue weighted by Gasteiger charge is -2.37. The number of piperidine rings is 1. The zero-order valence-electron chi connectivity index (χ0n) is 12.1. The van der Waals surface area contributed by atoms with E-state index in [0.717, 1.165) is 25.0 Å². The van der Waals surface area contributed by atoms with Crippen molar-refractivity contribution in [2.24, 2.45) is 5.41 Å². The summed E-state index contributed by atoms with van der Waals surface area (Å²) in [4.78, 5) is 13.9. The van der Waals surface area contributed by atoms with Crippen molar-refractivity contribution in [3.8, 4) is 0 Å². The zero-order valence-corrected chi connectivity index (χ0v) is 12.1. The SMILES string of the molecule is CC1(C)CCN(C(=O)c2ccc(N)c(C(F)(F)F)c2)CC1. The van der Waals surface area contributed by atoms with E-state index in [4.69, 9.17) is 5.73 Å². The van der Waals surface area contributed by atoms with Crippen molar-refractivity contribution in [1.82, 2.24) is 4.90 Å². The van der Waals surface area contributed by atoms with Crippen molar-refractivity contribution >= 4 is 11.6 Å². The Labute approximate surface area is 121 Å². The molecule has 1 aliphatic heterocycles. The van der Waals surface area contributed by atoms with Crippen LogP contribution < -0.4 is 5.73 Å². The van der Waals surface area contributed by atoms with Crippen LogP contribution in [0.2, 0.25) is 0 Å². The second-order valence-electron chi connectivity index (χ2n) is 6.26. The number of nitrogens with two attached hydrogens (primary N) is 1. The molecule has 1 fully saturated rings. The Morgan fingerprint density at radius 2 is 1.81 bits per heavy atom. The number of hydrogen-bond donors (Lipinski definition) is 1. The lowest BCUT2D eigenvalue weighted by Crippen LogP contribution is -2.41. The van der Waals surface area contributed by atoms with Gasteiger partial charge in [-0.2, -0.15) is 13.2 Å². The van der Waals surface area contributed by atoms with Gasteiger partial charge in [0.2, 0.25) is 0 Å². The lowest BCUT2D eigenvalue weighted by atomic mass is 9.82. The second kappa shape index (κ2) is 5.24. The first-order chi connectivity index (χ1) is 9.60. The average Bonchev–Trinajstić information content (AvgIpc) is 2.37. The van der Waals surface area contributed by atoms with E-state index in [0.29, 0.717) is 13.1 Å². The number of amides is 1. The van der Waals surface area contributed by atoms with Gasteiger partial charge in [0.25, 0.3) is 5.91 Å². The molecule has 1 aromatic rings. The molecule has 0 aromatic heterocycles. The fourth-order valence-electron chi connectivity index (χ4n) is 2.43. The lowest BCUT2D eigenvalue weighted by molar-refractivity contribution is -0.136. The number of likely N-dealkylation sites (tertiary alicyclic amines) is 1. The highest BCUT2D eigenvalue weighted by Gasteiger charge is 2.34. The Morgan fingerprint density at radius 3 is 2.33 bits per heavy atom. The first-order valence-corrected chi connectivity index (χ1v) is 6.86. The van der Waals surface area contributed by atoms with Crippen LogP contribution in [0.15, 0.2) is 18.2 Å². The van der Waals surface area contributed by atoms with E-state index < -0.39 is 11.7 Å². The normalized spacial score (nSPS) is 18.6. The molecule has 0 spiro atoms. The Balaban J connectivity index is 2.21. The largest absolute Gasteiger partial charge is 0.418 e. The summed E-state index contributed by atoms with van der Waals surface area (Å²) in [5.74, 6) is -0.365. The van der Waals surface area contributed by atoms with Crippen LogP contribution in [0.1, 0.15) is 42.6 Å². The third kappa shape index (κ3) is 3.49. The highest BCUT2D eigenvalue weighted by atomic mass is 19.4. The van der Waals surface area contributed by atoms with E-state index >= 15 is 0 Å². The van der Waals surface area contributed by atoms with Crippen LogP contribution in [-0.4, -0.2) is 23.9 Å². The van der Waals surface area contributed by atoms with Crippen molar-refractivity contribution in [2.45, 2.75) is 32.9 Å². The van der Waals surface area contributed by atoms with Gasteiger partial charge in [-0.3, -0.25) is 4.79 Å². The molecule has 0 radical (unpaired) electrons. The molecule has 1 saturated heterocycles. The summed E-state index contributed by atoms with van der Waals surface area (Å²) in [6.07, 6.45) is -2.86. The fraction of sp³-hybridized carbons (Fsp3) is 0.533. The quantitative estimate of drug-likeness (QED) is 0.806. The van der Waals surface area contributed by atoms with Crippen LogP contribution >= 0.6 is 0 Å². The molecule has 1 aromatic carbocycles. The van der Waals surface area contributed by atoms with Crippen molar-refractivity contribution in [2.75, 3.05) is 18.8 Å². The Bertz CT molecular complexity index is 542. The van der Waals surface area contributed by atoms with E-state index in [9.17, 15) is 18.0 Å². The predicted molar refractivity (Wildman–Crippen MR) is 74.8 cm³/mol. The Hall–Kier alpha value is -1.72. The highest BCUT2D eigenvalue weighted by molar-refractivity contribution is 5.95. The Morgan fingerprint density at radius 1 is 1.24 bits per heavy atom. The summed E-state index contributed by atoms with van der Waals surface area (Å²) < 4.78 is 38.5. The molecular formula is C15H19F3N2O. The fourth-order valence-corrected chi connectivity index (χ4v) is 2.43. The molecule has 21 heavy (non-hydrogen) atoms. The average molecular weight is 300 g/mol. The maximum Gasteiger partial charge on any atom is 0.418 e. The molecule has 0 aliphatic carbocycles. The van der Waals surface area contributed by atoms with Gasteiger partial charge in [-0.15, -0.1) is 0 Å². The van der Waals surface area contributed by atoms with Gasteiger partial charge >= 0.3 is 6.18 Å². The van der Waals surface area contributed by atoms with Gasteiger partial charge in [0.1, 0.15) is 0 Å². The monoisotopic (exact) mass is 300 g/mol. The number of nitrogens with zero attached hydrogens (tertiary/aromatic N) is 1. The molecular weight excluding hydrogens is 281 g/mol. The molecule has 0 bridgehead atoms. The van der Waals surface area contributed by atoms with Crippen molar-refractivity contribution < 1.29 is 18.0 Å². The van der Waals surface area contributed by atoms with Crippen molar-refractivity contribution in [3.63, 3.8) is 0 Å². The summed E-state index contributed by atoms with van der Waals surface area (Å²) in [5.41, 5.74) is 4.24. The Kier molecular flexibility index (Phi) is 3.91. The summed E-state index contributed by atoms with van der Waals surface area (Å²) in [7, 11) is 0. The number of alkyl halides is 3. The van der Waals surface area contributed by atoms with E-state index in [-0.39, 0.29) is 22.6 Å². The zero-order chi connectivity index (χ0) is 15.8. The topological polar surface area (TPSA) is 46.3 Å². The predicted octanol–water partition coefficient (Wildman–Crippen LogP) is 3.55. The number of nitrogen functional groups attached to an aromatic ring is 1. The van der Waals surface area contributed by atoms with E-state index in [1.54, 1.807) is 4.90 Å². The first kappa shape index (κ1) is 15.7. The maximum atomic E-state index is 12.8.